The van der Waals surface area contributed by atoms with Crippen LogP contribution in [0.4, 0.5) is 14.5 Å². The lowest BCUT2D eigenvalue weighted by molar-refractivity contribution is 0.0691. The molecule has 200 valence electrons. The number of nitrogens with zero attached hydrogens (tertiary/aromatic N) is 2. The monoisotopic (exact) mass is 564 g/mol. The third kappa shape index (κ3) is 3.96. The van der Waals surface area contributed by atoms with Gasteiger partial charge in [0.05, 0.1) is 16.1 Å². The average Bonchev–Trinajstić information content (AvgIpc) is 3.61. The fraction of sp³-hybridized carbons (Fsp3) is 0.323. The molecule has 3 aliphatic rings. The molecule has 1 spiro atoms. The summed E-state index contributed by atoms with van der Waals surface area (Å²) in [6, 6.07) is 16.4. The fourth-order valence-corrected chi connectivity index (χ4v) is 7.89. The molecule has 3 aromatic carbocycles. The van der Waals surface area contributed by atoms with E-state index in [1.54, 1.807) is 24.3 Å². The third-order valence-electron chi connectivity index (χ3n) is 8.69. The summed E-state index contributed by atoms with van der Waals surface area (Å²) in [5.41, 5.74) is 3.98. The van der Waals surface area contributed by atoms with E-state index < -0.39 is 17.6 Å². The number of carboxylic acids is 1. The van der Waals surface area contributed by atoms with Gasteiger partial charge in [0.2, 0.25) is 0 Å². The second-order valence-electron chi connectivity index (χ2n) is 11.0. The molecule has 4 nitrogen and oxygen atoms in total. The van der Waals surface area contributed by atoms with E-state index >= 15 is 8.78 Å². The van der Waals surface area contributed by atoms with Crippen molar-refractivity contribution in [1.29, 1.82) is 0 Å². The Morgan fingerprint density at radius 2 is 1.82 bits per heavy atom. The zero-order valence-corrected chi connectivity index (χ0v) is 22.8. The van der Waals surface area contributed by atoms with Gasteiger partial charge in [0.25, 0.3) is 0 Å². The molecule has 2 fully saturated rings. The number of anilines is 1. The number of carbonyl (C=O) groups is 1. The van der Waals surface area contributed by atoms with E-state index in [9.17, 15) is 9.90 Å². The summed E-state index contributed by atoms with van der Waals surface area (Å²) in [5.74, 6) is -2.31. The van der Waals surface area contributed by atoms with Gasteiger partial charge in [-0.1, -0.05) is 54.0 Å². The van der Waals surface area contributed by atoms with Crippen molar-refractivity contribution in [2.24, 2.45) is 0 Å². The molecule has 4 aromatic rings. The molecule has 2 heterocycles. The van der Waals surface area contributed by atoms with Crippen LogP contribution in [0.3, 0.4) is 0 Å². The van der Waals surface area contributed by atoms with E-state index in [-0.39, 0.29) is 26.8 Å². The Morgan fingerprint density at radius 1 is 1.03 bits per heavy atom. The van der Waals surface area contributed by atoms with Gasteiger partial charge < -0.3 is 14.6 Å². The number of aromatic carboxylic acids is 1. The standard InChI is InChI=1S/C31H27ClF2N2O2S/c32-22-12-11-20-28(26(22)34)36(16-15-35-17-31(13-4-14-31)21-6-1-2-7-23(21)35)27(18-9-10-18)29(20)39-24-8-3-5-19(25(24)33)30(37)38/h1-3,5-8,11-12,18H,4,9-10,13-17H2,(H,37,38). The molecule has 0 saturated heterocycles. The maximum atomic E-state index is 15.7. The first kappa shape index (κ1) is 25.0. The van der Waals surface area contributed by atoms with Gasteiger partial charge in [-0.2, -0.15) is 0 Å². The minimum atomic E-state index is -1.31. The van der Waals surface area contributed by atoms with Crippen molar-refractivity contribution in [3.63, 3.8) is 0 Å². The number of hydrogen-bond donors (Lipinski definition) is 1. The molecule has 39 heavy (non-hydrogen) atoms. The van der Waals surface area contributed by atoms with Gasteiger partial charge in [0.15, 0.2) is 11.6 Å². The molecule has 0 unspecified atom stereocenters. The Morgan fingerprint density at radius 3 is 2.54 bits per heavy atom. The van der Waals surface area contributed by atoms with Crippen molar-refractivity contribution in [2.45, 2.75) is 59.8 Å². The number of rotatable bonds is 7. The topological polar surface area (TPSA) is 45.5 Å². The maximum Gasteiger partial charge on any atom is 0.338 e. The highest BCUT2D eigenvalue weighted by Gasteiger charge is 2.46. The van der Waals surface area contributed by atoms with Crippen LogP contribution < -0.4 is 4.90 Å². The van der Waals surface area contributed by atoms with Crippen molar-refractivity contribution in [2.75, 3.05) is 18.0 Å². The van der Waals surface area contributed by atoms with Crippen LogP contribution in [0.25, 0.3) is 10.9 Å². The van der Waals surface area contributed by atoms with Crippen molar-refractivity contribution in [3.8, 4) is 0 Å². The van der Waals surface area contributed by atoms with Crippen molar-refractivity contribution in [1.82, 2.24) is 4.57 Å². The molecule has 8 heteroatoms. The number of carboxylic acid groups (broad SMARTS) is 1. The van der Waals surface area contributed by atoms with Crippen LogP contribution >= 0.6 is 23.4 Å². The second-order valence-corrected chi connectivity index (χ2v) is 12.5. The predicted octanol–water partition coefficient (Wildman–Crippen LogP) is 8.24. The molecule has 0 amide bonds. The normalized spacial score (nSPS) is 17.6. The zero-order chi connectivity index (χ0) is 26.9. The summed E-state index contributed by atoms with van der Waals surface area (Å²) in [4.78, 5) is 15.0. The van der Waals surface area contributed by atoms with E-state index in [4.69, 9.17) is 11.6 Å². The highest BCUT2D eigenvalue weighted by Crippen LogP contribution is 2.53. The number of hydrogen-bond acceptors (Lipinski definition) is 3. The summed E-state index contributed by atoms with van der Waals surface area (Å²) in [7, 11) is 0. The van der Waals surface area contributed by atoms with E-state index in [0.29, 0.717) is 17.4 Å². The number of para-hydroxylation sites is 1. The molecule has 1 aromatic heterocycles. The number of aromatic nitrogens is 1. The third-order valence-corrected chi connectivity index (χ3v) is 10.2. The van der Waals surface area contributed by atoms with Crippen LogP contribution in [0.1, 0.15) is 59.6 Å². The minimum absolute atomic E-state index is 0.0548. The summed E-state index contributed by atoms with van der Waals surface area (Å²) in [6.07, 6.45) is 5.61. The van der Waals surface area contributed by atoms with Gasteiger partial charge in [0.1, 0.15) is 0 Å². The Balaban J connectivity index is 1.31. The molecule has 7 rings (SSSR count). The van der Waals surface area contributed by atoms with Crippen LogP contribution in [0.5, 0.6) is 0 Å². The summed E-state index contributed by atoms with van der Waals surface area (Å²) in [5, 5.41) is 10.2. The number of benzene rings is 3. The fourth-order valence-electron chi connectivity index (χ4n) is 6.52. The first-order valence-electron chi connectivity index (χ1n) is 13.4. The molecule has 0 bridgehead atoms. The molecular weight excluding hydrogens is 538 g/mol. The summed E-state index contributed by atoms with van der Waals surface area (Å²) < 4.78 is 33.0. The number of fused-ring (bicyclic) bond motifs is 3. The summed E-state index contributed by atoms with van der Waals surface area (Å²) in [6.45, 7) is 2.27. The predicted molar refractivity (Wildman–Crippen MR) is 151 cm³/mol. The van der Waals surface area contributed by atoms with E-state index in [1.165, 1.54) is 48.3 Å². The van der Waals surface area contributed by atoms with Crippen LogP contribution in [-0.4, -0.2) is 28.7 Å². The highest BCUT2D eigenvalue weighted by molar-refractivity contribution is 7.99. The Kier molecular flexibility index (Phi) is 5.94. The van der Waals surface area contributed by atoms with Gasteiger partial charge >= 0.3 is 5.97 Å². The molecule has 2 saturated carbocycles. The molecule has 0 radical (unpaired) electrons. The average molecular weight is 565 g/mol. The van der Waals surface area contributed by atoms with Crippen LogP contribution in [0, 0.1) is 11.6 Å². The van der Waals surface area contributed by atoms with E-state index in [2.05, 4.69) is 33.7 Å². The Hall–Kier alpha value is -3.03. The van der Waals surface area contributed by atoms with Crippen molar-refractivity contribution >= 4 is 45.9 Å². The summed E-state index contributed by atoms with van der Waals surface area (Å²) >= 11 is 7.47. The maximum absolute atomic E-state index is 15.7. The van der Waals surface area contributed by atoms with Gasteiger partial charge in [-0.3, -0.25) is 0 Å². The first-order valence-corrected chi connectivity index (χ1v) is 14.6. The lowest BCUT2D eigenvalue weighted by Gasteiger charge is -2.39. The lowest BCUT2D eigenvalue weighted by Crippen LogP contribution is -2.40. The minimum Gasteiger partial charge on any atom is -0.478 e. The molecule has 1 aliphatic heterocycles. The quantitative estimate of drug-likeness (QED) is 0.245. The second kappa shape index (κ2) is 9.27. The van der Waals surface area contributed by atoms with Crippen molar-refractivity contribution < 1.29 is 18.7 Å². The largest absolute Gasteiger partial charge is 0.478 e. The highest BCUT2D eigenvalue weighted by atomic mass is 35.5. The lowest BCUT2D eigenvalue weighted by atomic mass is 9.66. The van der Waals surface area contributed by atoms with E-state index in [1.807, 2.05) is 0 Å². The molecule has 0 atom stereocenters. The Bertz CT molecular complexity index is 1640. The van der Waals surface area contributed by atoms with Crippen LogP contribution in [0.2, 0.25) is 5.02 Å². The Labute approximate surface area is 234 Å². The van der Waals surface area contributed by atoms with Crippen molar-refractivity contribution in [3.05, 3.63) is 88.1 Å². The molecule has 1 N–H and O–H groups in total. The van der Waals surface area contributed by atoms with E-state index in [0.717, 1.165) is 36.5 Å². The van der Waals surface area contributed by atoms with Gasteiger partial charge in [-0.15, -0.1) is 0 Å². The molecule has 2 aliphatic carbocycles. The van der Waals surface area contributed by atoms with Gasteiger partial charge in [-0.05, 0) is 61.6 Å². The van der Waals surface area contributed by atoms with Crippen LogP contribution in [0.15, 0.2) is 64.4 Å². The zero-order valence-electron chi connectivity index (χ0n) is 21.2. The smallest absolute Gasteiger partial charge is 0.338 e. The SMILES string of the molecule is O=C(O)c1cccc(Sc2c(C3CC3)n(CCN3CC4(CCC4)c4ccccc43)c3c(F)c(Cl)ccc23)c1F. The first-order chi connectivity index (χ1) is 18.9. The van der Waals surface area contributed by atoms with Crippen LogP contribution in [-0.2, 0) is 12.0 Å². The van der Waals surface area contributed by atoms with Gasteiger partial charge in [0, 0.05) is 57.5 Å². The van der Waals surface area contributed by atoms with Gasteiger partial charge in [-0.25, -0.2) is 13.6 Å². The molecular formula is C31H27ClF2N2O2S. The number of halogens is 3.